The van der Waals surface area contributed by atoms with Crippen LogP contribution in [0.5, 0.6) is 5.75 Å². The fraction of sp³-hybridized carbons (Fsp3) is 0.182. The van der Waals surface area contributed by atoms with E-state index in [4.69, 9.17) is 4.74 Å². The van der Waals surface area contributed by atoms with Gasteiger partial charge >= 0.3 is 0 Å². The standard InChI is InChI=1S/C11H10Br2O2/c1-7-3-10(13)4-9(5-14)11(7)15-6-8(2)12/h3-5H,2,6H2,1H3. The minimum absolute atomic E-state index is 0.351. The van der Waals surface area contributed by atoms with Crippen molar-refractivity contribution in [3.8, 4) is 5.75 Å². The van der Waals surface area contributed by atoms with Crippen LogP contribution in [0.2, 0.25) is 0 Å². The normalized spacial score (nSPS) is 9.80. The second-order valence-electron chi connectivity index (χ2n) is 3.06. The van der Waals surface area contributed by atoms with Crippen molar-refractivity contribution >= 4 is 38.1 Å². The quantitative estimate of drug-likeness (QED) is 0.782. The summed E-state index contributed by atoms with van der Waals surface area (Å²) < 4.78 is 7.08. The van der Waals surface area contributed by atoms with Gasteiger partial charge in [0.25, 0.3) is 0 Å². The third kappa shape index (κ3) is 3.47. The molecule has 0 radical (unpaired) electrons. The summed E-state index contributed by atoms with van der Waals surface area (Å²) >= 11 is 6.53. The molecule has 0 bridgehead atoms. The van der Waals surface area contributed by atoms with Crippen molar-refractivity contribution in [3.63, 3.8) is 0 Å². The Labute approximate surface area is 106 Å². The number of hydrogen-bond donors (Lipinski definition) is 0. The van der Waals surface area contributed by atoms with Crippen LogP contribution in [0.4, 0.5) is 0 Å². The van der Waals surface area contributed by atoms with E-state index in [1.165, 1.54) is 0 Å². The highest BCUT2D eigenvalue weighted by molar-refractivity contribution is 9.11. The van der Waals surface area contributed by atoms with Crippen LogP contribution in [-0.2, 0) is 0 Å². The highest BCUT2D eigenvalue weighted by Crippen LogP contribution is 2.27. The summed E-state index contributed by atoms with van der Waals surface area (Å²) in [4.78, 5) is 10.8. The topological polar surface area (TPSA) is 26.3 Å². The van der Waals surface area contributed by atoms with Crippen molar-refractivity contribution in [2.24, 2.45) is 0 Å². The van der Waals surface area contributed by atoms with Crippen LogP contribution in [0.1, 0.15) is 15.9 Å². The summed E-state index contributed by atoms with van der Waals surface area (Å²) in [5.41, 5.74) is 1.45. The molecule has 15 heavy (non-hydrogen) atoms. The van der Waals surface area contributed by atoms with E-state index >= 15 is 0 Å². The maximum Gasteiger partial charge on any atom is 0.153 e. The zero-order valence-corrected chi connectivity index (χ0v) is 11.4. The van der Waals surface area contributed by atoms with E-state index in [9.17, 15) is 4.79 Å². The Morgan fingerprint density at radius 3 is 2.80 bits per heavy atom. The number of rotatable bonds is 4. The summed E-state index contributed by atoms with van der Waals surface area (Å²) in [5, 5.41) is 0. The minimum atomic E-state index is 0.351. The second kappa shape index (κ2) is 5.47. The van der Waals surface area contributed by atoms with E-state index in [1.807, 2.05) is 13.0 Å². The number of halogens is 2. The van der Waals surface area contributed by atoms with Gasteiger partial charge in [-0.25, -0.2) is 0 Å². The molecule has 0 atom stereocenters. The zero-order chi connectivity index (χ0) is 11.4. The van der Waals surface area contributed by atoms with Gasteiger partial charge < -0.3 is 4.74 Å². The van der Waals surface area contributed by atoms with Gasteiger partial charge in [0.1, 0.15) is 12.4 Å². The predicted octanol–water partition coefficient (Wildman–Crippen LogP) is 3.86. The van der Waals surface area contributed by atoms with Crippen molar-refractivity contribution in [1.82, 2.24) is 0 Å². The number of aryl methyl sites for hydroxylation is 1. The van der Waals surface area contributed by atoms with Crippen LogP contribution in [0.25, 0.3) is 0 Å². The molecule has 0 heterocycles. The molecule has 0 unspecified atom stereocenters. The number of hydrogen-bond acceptors (Lipinski definition) is 2. The van der Waals surface area contributed by atoms with Gasteiger partial charge in [-0.15, -0.1) is 0 Å². The first-order valence-corrected chi connectivity index (χ1v) is 5.84. The molecular weight excluding hydrogens is 324 g/mol. The predicted molar refractivity (Wildman–Crippen MR) is 67.8 cm³/mol. The van der Waals surface area contributed by atoms with E-state index in [2.05, 4.69) is 38.4 Å². The highest BCUT2D eigenvalue weighted by atomic mass is 79.9. The van der Waals surface area contributed by atoms with Gasteiger partial charge in [-0.1, -0.05) is 38.4 Å². The first-order valence-electron chi connectivity index (χ1n) is 4.26. The van der Waals surface area contributed by atoms with Crippen LogP contribution in [0.3, 0.4) is 0 Å². The lowest BCUT2D eigenvalue weighted by Crippen LogP contribution is -2.01. The molecule has 0 N–H and O–H groups in total. The molecule has 4 heteroatoms. The zero-order valence-electron chi connectivity index (χ0n) is 8.22. The SMILES string of the molecule is C=C(Br)COc1c(C)cc(Br)cc1C=O. The van der Waals surface area contributed by atoms with Gasteiger partial charge in [-0.05, 0) is 24.6 Å². The number of ether oxygens (including phenoxy) is 1. The van der Waals surface area contributed by atoms with Crippen LogP contribution in [0, 0.1) is 6.92 Å². The van der Waals surface area contributed by atoms with Gasteiger partial charge in [0.2, 0.25) is 0 Å². The fourth-order valence-corrected chi connectivity index (χ4v) is 1.90. The van der Waals surface area contributed by atoms with Gasteiger partial charge in [-0.3, -0.25) is 4.79 Å². The highest BCUT2D eigenvalue weighted by Gasteiger charge is 2.08. The molecule has 80 valence electrons. The Bertz CT molecular complexity index is 400. The third-order valence-electron chi connectivity index (χ3n) is 1.77. The van der Waals surface area contributed by atoms with Crippen molar-refractivity contribution in [2.45, 2.75) is 6.92 Å². The van der Waals surface area contributed by atoms with E-state index in [-0.39, 0.29) is 0 Å². The Kier molecular flexibility index (Phi) is 4.54. The maximum absolute atomic E-state index is 10.8. The number of benzene rings is 1. The van der Waals surface area contributed by atoms with Crippen LogP contribution < -0.4 is 4.74 Å². The number of aldehydes is 1. The Morgan fingerprint density at radius 2 is 2.27 bits per heavy atom. The molecule has 0 aliphatic carbocycles. The van der Waals surface area contributed by atoms with E-state index in [0.29, 0.717) is 17.9 Å². The molecule has 0 aromatic heterocycles. The molecule has 0 aliphatic rings. The van der Waals surface area contributed by atoms with Crippen molar-refractivity contribution in [3.05, 3.63) is 38.8 Å². The van der Waals surface area contributed by atoms with Crippen molar-refractivity contribution in [1.29, 1.82) is 0 Å². The summed E-state index contributed by atoms with van der Waals surface area (Å²) in [6.07, 6.45) is 0.782. The van der Waals surface area contributed by atoms with Gasteiger partial charge in [0.15, 0.2) is 6.29 Å². The molecule has 1 aromatic carbocycles. The third-order valence-corrected chi connectivity index (χ3v) is 2.45. The Balaban J connectivity index is 3.04. The van der Waals surface area contributed by atoms with Gasteiger partial charge in [0, 0.05) is 8.96 Å². The monoisotopic (exact) mass is 332 g/mol. The molecule has 0 spiro atoms. The van der Waals surface area contributed by atoms with Crippen molar-refractivity contribution < 1.29 is 9.53 Å². The van der Waals surface area contributed by atoms with Crippen LogP contribution >= 0.6 is 31.9 Å². The number of carbonyl (C=O) groups is 1. The molecule has 1 rings (SSSR count). The van der Waals surface area contributed by atoms with Gasteiger partial charge in [-0.2, -0.15) is 0 Å². The molecule has 0 amide bonds. The van der Waals surface area contributed by atoms with E-state index < -0.39 is 0 Å². The molecule has 0 aliphatic heterocycles. The summed E-state index contributed by atoms with van der Waals surface area (Å²) in [6.45, 7) is 5.91. The molecule has 1 aromatic rings. The first-order chi connectivity index (χ1) is 7.04. The second-order valence-corrected chi connectivity index (χ2v) is 5.10. The smallest absolute Gasteiger partial charge is 0.153 e. The number of carbonyl (C=O) groups excluding carboxylic acids is 1. The lowest BCUT2D eigenvalue weighted by atomic mass is 10.1. The lowest BCUT2D eigenvalue weighted by Gasteiger charge is -2.11. The molecule has 0 saturated carbocycles. The Morgan fingerprint density at radius 1 is 1.60 bits per heavy atom. The summed E-state index contributed by atoms with van der Waals surface area (Å²) in [6, 6.07) is 3.63. The van der Waals surface area contributed by atoms with E-state index in [0.717, 1.165) is 20.8 Å². The summed E-state index contributed by atoms with van der Waals surface area (Å²) in [5.74, 6) is 0.605. The largest absolute Gasteiger partial charge is 0.487 e. The average Bonchev–Trinajstić information content (AvgIpc) is 2.14. The van der Waals surface area contributed by atoms with Crippen molar-refractivity contribution in [2.75, 3.05) is 6.61 Å². The molecule has 0 saturated heterocycles. The maximum atomic E-state index is 10.8. The average molecular weight is 334 g/mol. The van der Waals surface area contributed by atoms with Crippen LogP contribution in [-0.4, -0.2) is 12.9 Å². The molecular formula is C11H10Br2O2. The van der Waals surface area contributed by atoms with E-state index in [1.54, 1.807) is 6.07 Å². The minimum Gasteiger partial charge on any atom is -0.487 e. The van der Waals surface area contributed by atoms with Gasteiger partial charge in [0.05, 0.1) is 5.56 Å². The summed E-state index contributed by atoms with van der Waals surface area (Å²) in [7, 11) is 0. The molecule has 0 fully saturated rings. The molecule has 2 nitrogen and oxygen atoms in total. The Hall–Kier alpha value is -0.610. The first kappa shape index (κ1) is 12.5. The van der Waals surface area contributed by atoms with Crippen LogP contribution in [0.15, 0.2) is 27.7 Å². The lowest BCUT2D eigenvalue weighted by molar-refractivity contribution is 0.112. The fourth-order valence-electron chi connectivity index (χ4n) is 1.19.